The van der Waals surface area contributed by atoms with Crippen LogP contribution in [0.4, 0.5) is 4.79 Å². The van der Waals surface area contributed by atoms with E-state index in [1.54, 1.807) is 4.90 Å². The molecule has 20 heavy (non-hydrogen) atoms. The van der Waals surface area contributed by atoms with E-state index in [0.29, 0.717) is 19.7 Å². The summed E-state index contributed by atoms with van der Waals surface area (Å²) in [5.41, 5.74) is -0.581. The molecule has 0 saturated carbocycles. The molecule has 2 aliphatic rings. The van der Waals surface area contributed by atoms with Gasteiger partial charge in [-0.25, -0.2) is 4.79 Å². The zero-order chi connectivity index (χ0) is 14.8. The molecule has 1 spiro atoms. The molecule has 1 amide bonds. The summed E-state index contributed by atoms with van der Waals surface area (Å²) >= 11 is 0. The molecule has 2 fully saturated rings. The third-order valence-electron chi connectivity index (χ3n) is 4.09. The summed E-state index contributed by atoms with van der Waals surface area (Å²) in [7, 11) is 0. The van der Waals surface area contributed by atoms with Gasteiger partial charge in [0.1, 0.15) is 11.9 Å². The maximum absolute atomic E-state index is 12.0. The van der Waals surface area contributed by atoms with Gasteiger partial charge >= 0.3 is 6.09 Å². The molecule has 5 heteroatoms. The number of rotatable bonds is 1. The number of hydrogen-bond donors (Lipinski definition) is 0. The van der Waals surface area contributed by atoms with Crippen molar-refractivity contribution in [3.8, 4) is 0 Å². The first kappa shape index (κ1) is 15.3. The zero-order valence-electron chi connectivity index (χ0n) is 12.7. The molecule has 5 nitrogen and oxygen atoms in total. The highest BCUT2D eigenvalue weighted by Crippen LogP contribution is 2.36. The number of carbonyl (C=O) groups excluding carboxylic acids is 2. The Labute approximate surface area is 120 Å². The fourth-order valence-electron chi connectivity index (χ4n) is 2.81. The van der Waals surface area contributed by atoms with Crippen LogP contribution in [0.3, 0.4) is 0 Å². The molecule has 2 rings (SSSR count). The lowest BCUT2D eigenvalue weighted by Crippen LogP contribution is -2.51. The molecule has 0 N–H and O–H groups in total. The minimum atomic E-state index is -0.454. The Morgan fingerprint density at radius 2 is 1.95 bits per heavy atom. The lowest BCUT2D eigenvalue weighted by molar-refractivity contribution is -0.139. The van der Waals surface area contributed by atoms with E-state index in [1.807, 2.05) is 20.8 Å². The van der Waals surface area contributed by atoms with Crippen molar-refractivity contribution in [2.45, 2.75) is 57.7 Å². The number of nitrogens with zero attached hydrogens (tertiary/aromatic N) is 1. The van der Waals surface area contributed by atoms with Gasteiger partial charge in [0.2, 0.25) is 0 Å². The van der Waals surface area contributed by atoms with Crippen LogP contribution in [-0.2, 0) is 14.3 Å². The summed E-state index contributed by atoms with van der Waals surface area (Å²) < 4.78 is 11.3. The van der Waals surface area contributed by atoms with E-state index in [0.717, 1.165) is 32.0 Å². The SMILES string of the molecule is CC(C)(C)OC(=O)N1CCC2(CCC(C=O)CO2)CC1. The van der Waals surface area contributed by atoms with Gasteiger partial charge in [0.05, 0.1) is 12.2 Å². The van der Waals surface area contributed by atoms with Gasteiger partial charge in [-0.05, 0) is 46.5 Å². The number of amides is 1. The van der Waals surface area contributed by atoms with Crippen LogP contribution in [0.1, 0.15) is 46.5 Å². The highest BCUT2D eigenvalue weighted by Gasteiger charge is 2.40. The molecule has 1 atom stereocenters. The highest BCUT2D eigenvalue weighted by molar-refractivity contribution is 5.68. The van der Waals surface area contributed by atoms with E-state index in [2.05, 4.69) is 0 Å². The normalized spacial score (nSPS) is 26.4. The van der Waals surface area contributed by atoms with Gasteiger partial charge < -0.3 is 19.2 Å². The Morgan fingerprint density at radius 1 is 1.30 bits per heavy atom. The van der Waals surface area contributed by atoms with Gasteiger partial charge in [-0.2, -0.15) is 0 Å². The average molecular weight is 283 g/mol. The van der Waals surface area contributed by atoms with Gasteiger partial charge in [-0.3, -0.25) is 0 Å². The Morgan fingerprint density at radius 3 is 2.40 bits per heavy atom. The summed E-state index contributed by atoms with van der Waals surface area (Å²) in [5.74, 6) is 0.0458. The minimum Gasteiger partial charge on any atom is -0.444 e. The van der Waals surface area contributed by atoms with Crippen molar-refractivity contribution < 1.29 is 19.1 Å². The van der Waals surface area contributed by atoms with Crippen LogP contribution in [0, 0.1) is 5.92 Å². The number of likely N-dealkylation sites (tertiary alicyclic amines) is 1. The van der Waals surface area contributed by atoms with Crippen molar-refractivity contribution >= 4 is 12.4 Å². The number of ether oxygens (including phenoxy) is 2. The van der Waals surface area contributed by atoms with Crippen molar-refractivity contribution in [2.75, 3.05) is 19.7 Å². The molecule has 2 aliphatic heterocycles. The largest absolute Gasteiger partial charge is 0.444 e. The van der Waals surface area contributed by atoms with Crippen molar-refractivity contribution in [3.63, 3.8) is 0 Å². The van der Waals surface area contributed by atoms with Crippen LogP contribution in [0.25, 0.3) is 0 Å². The first-order valence-electron chi connectivity index (χ1n) is 7.41. The van der Waals surface area contributed by atoms with Gasteiger partial charge in [-0.15, -0.1) is 0 Å². The molecule has 2 heterocycles. The predicted molar refractivity (Wildman–Crippen MR) is 74.5 cm³/mol. The fraction of sp³-hybridized carbons (Fsp3) is 0.867. The minimum absolute atomic E-state index is 0.0458. The van der Waals surface area contributed by atoms with Gasteiger partial charge in [0.25, 0.3) is 0 Å². The third-order valence-corrected chi connectivity index (χ3v) is 4.09. The van der Waals surface area contributed by atoms with Crippen molar-refractivity contribution in [3.05, 3.63) is 0 Å². The van der Waals surface area contributed by atoms with Crippen LogP contribution < -0.4 is 0 Å². The first-order valence-corrected chi connectivity index (χ1v) is 7.41. The molecule has 2 saturated heterocycles. The standard InChI is InChI=1S/C15H25NO4/c1-14(2,3)20-13(18)16-8-6-15(7-9-16)5-4-12(10-17)11-19-15/h10,12H,4-9,11H2,1-3H3. The second-order valence-electron chi connectivity index (χ2n) is 6.90. The molecule has 0 aromatic carbocycles. The van der Waals surface area contributed by atoms with E-state index in [-0.39, 0.29) is 17.6 Å². The van der Waals surface area contributed by atoms with Gasteiger partial charge in [0, 0.05) is 19.0 Å². The predicted octanol–water partition coefficient (Wildman–Crippen LogP) is 2.38. The zero-order valence-corrected chi connectivity index (χ0v) is 12.7. The van der Waals surface area contributed by atoms with E-state index in [1.165, 1.54) is 0 Å². The molecule has 0 radical (unpaired) electrons. The smallest absolute Gasteiger partial charge is 0.410 e. The molecule has 0 bridgehead atoms. The Balaban J connectivity index is 1.83. The van der Waals surface area contributed by atoms with Crippen molar-refractivity contribution in [2.24, 2.45) is 5.92 Å². The third kappa shape index (κ3) is 3.72. The molecular formula is C15H25NO4. The molecule has 1 unspecified atom stereocenters. The van der Waals surface area contributed by atoms with E-state index >= 15 is 0 Å². The second-order valence-corrected chi connectivity index (χ2v) is 6.90. The first-order chi connectivity index (χ1) is 9.34. The Hall–Kier alpha value is -1.10. The topological polar surface area (TPSA) is 55.8 Å². The van der Waals surface area contributed by atoms with Crippen LogP contribution in [0.2, 0.25) is 0 Å². The Bertz CT molecular complexity index is 357. The molecule has 0 aromatic rings. The number of hydrogen-bond acceptors (Lipinski definition) is 4. The van der Waals surface area contributed by atoms with Crippen LogP contribution in [-0.4, -0.2) is 48.2 Å². The van der Waals surface area contributed by atoms with Gasteiger partial charge in [-0.1, -0.05) is 0 Å². The average Bonchev–Trinajstić information content (AvgIpc) is 2.38. The molecule has 0 aliphatic carbocycles. The highest BCUT2D eigenvalue weighted by atomic mass is 16.6. The maximum atomic E-state index is 12.0. The summed E-state index contributed by atoms with van der Waals surface area (Å²) in [4.78, 5) is 24.5. The van der Waals surface area contributed by atoms with Crippen LogP contribution >= 0.6 is 0 Å². The van der Waals surface area contributed by atoms with Crippen molar-refractivity contribution in [1.29, 1.82) is 0 Å². The molecule has 114 valence electrons. The van der Waals surface area contributed by atoms with Crippen LogP contribution in [0.5, 0.6) is 0 Å². The quantitative estimate of drug-likeness (QED) is 0.693. The maximum Gasteiger partial charge on any atom is 0.410 e. The molecular weight excluding hydrogens is 258 g/mol. The molecule has 0 aromatic heterocycles. The number of piperidine rings is 1. The van der Waals surface area contributed by atoms with E-state index < -0.39 is 5.60 Å². The summed E-state index contributed by atoms with van der Waals surface area (Å²) in [5, 5.41) is 0. The lowest BCUT2D eigenvalue weighted by atomic mass is 9.82. The number of carbonyl (C=O) groups is 2. The monoisotopic (exact) mass is 283 g/mol. The summed E-state index contributed by atoms with van der Waals surface area (Å²) in [6.45, 7) is 7.48. The summed E-state index contributed by atoms with van der Waals surface area (Å²) in [6.07, 6.45) is 4.22. The fourth-order valence-corrected chi connectivity index (χ4v) is 2.81. The Kier molecular flexibility index (Phi) is 4.37. The van der Waals surface area contributed by atoms with Crippen molar-refractivity contribution in [1.82, 2.24) is 4.90 Å². The number of aldehydes is 1. The van der Waals surface area contributed by atoms with E-state index in [4.69, 9.17) is 9.47 Å². The van der Waals surface area contributed by atoms with Gasteiger partial charge in [0.15, 0.2) is 0 Å². The second kappa shape index (κ2) is 5.72. The van der Waals surface area contributed by atoms with E-state index in [9.17, 15) is 9.59 Å². The summed E-state index contributed by atoms with van der Waals surface area (Å²) in [6, 6.07) is 0. The van der Waals surface area contributed by atoms with Crippen LogP contribution in [0.15, 0.2) is 0 Å². The lowest BCUT2D eigenvalue weighted by Gasteiger charge is -2.45.